The second kappa shape index (κ2) is 3.92. The number of aryl methyl sites for hydroxylation is 1. The molecule has 16 heavy (non-hydrogen) atoms. The number of aliphatic hydroxyl groups excluding tert-OH is 1. The summed E-state index contributed by atoms with van der Waals surface area (Å²) in [5.41, 5.74) is 0.461. The molecule has 0 spiro atoms. The van der Waals surface area contributed by atoms with Gasteiger partial charge in [0.05, 0.1) is 13.2 Å². The fourth-order valence-corrected chi connectivity index (χ4v) is 1.66. The lowest BCUT2D eigenvalue weighted by molar-refractivity contribution is 0.0659. The molecule has 1 fully saturated rings. The van der Waals surface area contributed by atoms with Crippen LogP contribution in [-0.4, -0.2) is 28.3 Å². The van der Waals surface area contributed by atoms with Crippen LogP contribution in [0.1, 0.15) is 34.7 Å². The molecule has 5 heteroatoms. The highest BCUT2D eigenvalue weighted by Gasteiger charge is 2.41. The highest BCUT2D eigenvalue weighted by molar-refractivity contribution is 5.86. The van der Waals surface area contributed by atoms with Crippen molar-refractivity contribution in [3.63, 3.8) is 0 Å². The molecule has 0 unspecified atom stereocenters. The van der Waals surface area contributed by atoms with Gasteiger partial charge in [-0.1, -0.05) is 0 Å². The van der Waals surface area contributed by atoms with Gasteiger partial charge in [-0.15, -0.1) is 0 Å². The Morgan fingerprint density at radius 2 is 2.31 bits per heavy atom. The minimum atomic E-state index is -1.05. The van der Waals surface area contributed by atoms with E-state index in [2.05, 4.69) is 5.32 Å². The highest BCUT2D eigenvalue weighted by atomic mass is 16.4. The maximum absolute atomic E-state index is 10.8. The van der Waals surface area contributed by atoms with Crippen LogP contribution in [0.25, 0.3) is 0 Å². The number of hydrogen-bond acceptors (Lipinski definition) is 4. The molecule has 0 saturated heterocycles. The van der Waals surface area contributed by atoms with Gasteiger partial charge in [0.1, 0.15) is 5.76 Å². The van der Waals surface area contributed by atoms with Crippen LogP contribution in [0, 0.1) is 6.92 Å². The van der Waals surface area contributed by atoms with E-state index in [1.807, 2.05) is 0 Å². The Hall–Kier alpha value is -1.33. The van der Waals surface area contributed by atoms with Crippen LogP contribution >= 0.6 is 0 Å². The number of furan rings is 1. The highest BCUT2D eigenvalue weighted by Crippen LogP contribution is 2.34. The number of aromatic carboxylic acids is 1. The Labute approximate surface area is 93.1 Å². The average molecular weight is 225 g/mol. The van der Waals surface area contributed by atoms with Crippen LogP contribution in [0.3, 0.4) is 0 Å². The first-order valence-corrected chi connectivity index (χ1v) is 5.25. The van der Waals surface area contributed by atoms with Crippen molar-refractivity contribution >= 4 is 5.97 Å². The van der Waals surface area contributed by atoms with E-state index in [4.69, 9.17) is 14.6 Å². The van der Waals surface area contributed by atoms with Crippen LogP contribution in [-0.2, 0) is 6.54 Å². The molecule has 0 amide bonds. The molecule has 0 aliphatic heterocycles. The minimum absolute atomic E-state index is 0.00866. The molecular formula is C11H15NO4. The lowest BCUT2D eigenvalue weighted by Crippen LogP contribution is -2.33. The van der Waals surface area contributed by atoms with Crippen molar-refractivity contribution < 1.29 is 19.4 Å². The largest absolute Gasteiger partial charge is 0.475 e. The van der Waals surface area contributed by atoms with Gasteiger partial charge >= 0.3 is 5.97 Å². The Balaban J connectivity index is 2.00. The van der Waals surface area contributed by atoms with Crippen molar-refractivity contribution in [2.24, 2.45) is 0 Å². The zero-order valence-electron chi connectivity index (χ0n) is 9.12. The van der Waals surface area contributed by atoms with E-state index in [-0.39, 0.29) is 17.9 Å². The Morgan fingerprint density at radius 3 is 2.75 bits per heavy atom. The van der Waals surface area contributed by atoms with Crippen LogP contribution in [0.15, 0.2) is 10.5 Å². The lowest BCUT2D eigenvalue weighted by atomic mass is 10.2. The first-order valence-electron chi connectivity index (χ1n) is 5.25. The number of rotatable bonds is 5. The van der Waals surface area contributed by atoms with Crippen molar-refractivity contribution in [2.75, 3.05) is 6.61 Å². The van der Waals surface area contributed by atoms with Crippen molar-refractivity contribution in [2.45, 2.75) is 31.8 Å². The summed E-state index contributed by atoms with van der Waals surface area (Å²) in [4.78, 5) is 10.8. The predicted octanol–water partition coefficient (Wildman–Crippen LogP) is 0.901. The van der Waals surface area contributed by atoms with E-state index in [0.717, 1.165) is 12.8 Å². The van der Waals surface area contributed by atoms with Crippen LogP contribution in [0.5, 0.6) is 0 Å². The van der Waals surface area contributed by atoms with E-state index in [1.54, 1.807) is 13.0 Å². The fourth-order valence-electron chi connectivity index (χ4n) is 1.66. The smallest absolute Gasteiger partial charge is 0.372 e. The molecule has 1 aliphatic rings. The second-order valence-electron chi connectivity index (χ2n) is 4.32. The molecule has 1 heterocycles. The molecule has 0 radical (unpaired) electrons. The topological polar surface area (TPSA) is 82.7 Å². The number of aliphatic hydroxyl groups is 1. The first-order chi connectivity index (χ1) is 7.56. The summed E-state index contributed by atoms with van der Waals surface area (Å²) in [5, 5.41) is 21.1. The van der Waals surface area contributed by atoms with Gasteiger partial charge in [0.2, 0.25) is 5.76 Å². The summed E-state index contributed by atoms with van der Waals surface area (Å²) in [6.07, 6.45) is 1.91. The maximum Gasteiger partial charge on any atom is 0.372 e. The predicted molar refractivity (Wildman–Crippen MR) is 56.3 cm³/mol. The Morgan fingerprint density at radius 1 is 1.62 bits per heavy atom. The molecule has 1 aromatic heterocycles. The fraction of sp³-hybridized carbons (Fsp3) is 0.545. The molecule has 0 atom stereocenters. The standard InChI is InChI=1S/C11H15NO4/c1-7-4-8(16-9(7)10(14)15)5-12-11(6-13)2-3-11/h4,12-13H,2-3,5-6H2,1H3,(H,14,15). The number of carbonyl (C=O) groups is 1. The van der Waals surface area contributed by atoms with Crippen LogP contribution in [0.2, 0.25) is 0 Å². The van der Waals surface area contributed by atoms with Crippen LogP contribution < -0.4 is 5.32 Å². The van der Waals surface area contributed by atoms with Crippen LogP contribution in [0.4, 0.5) is 0 Å². The summed E-state index contributed by atoms with van der Waals surface area (Å²) in [6, 6.07) is 1.71. The van der Waals surface area contributed by atoms with Gasteiger partial charge < -0.3 is 19.9 Å². The van der Waals surface area contributed by atoms with Crippen molar-refractivity contribution in [3.05, 3.63) is 23.2 Å². The average Bonchev–Trinajstić information content (AvgIpc) is 2.93. The number of nitrogens with one attached hydrogen (secondary N) is 1. The van der Waals surface area contributed by atoms with E-state index in [0.29, 0.717) is 17.9 Å². The number of hydrogen-bond donors (Lipinski definition) is 3. The molecule has 1 aromatic rings. The van der Waals surface area contributed by atoms with Gasteiger partial charge in [0, 0.05) is 11.1 Å². The monoisotopic (exact) mass is 225 g/mol. The van der Waals surface area contributed by atoms with E-state index in [1.165, 1.54) is 0 Å². The van der Waals surface area contributed by atoms with Gasteiger partial charge in [0.15, 0.2) is 0 Å². The van der Waals surface area contributed by atoms with Gasteiger partial charge in [-0.25, -0.2) is 4.79 Å². The Bertz CT molecular complexity index is 406. The molecule has 1 aliphatic carbocycles. The molecule has 0 bridgehead atoms. The number of carboxylic acids is 1. The summed E-state index contributed by atoms with van der Waals surface area (Å²) in [5.74, 6) is -0.465. The van der Waals surface area contributed by atoms with E-state index in [9.17, 15) is 4.79 Å². The third-order valence-electron chi connectivity index (χ3n) is 2.96. The van der Waals surface area contributed by atoms with Crippen molar-refractivity contribution in [3.8, 4) is 0 Å². The molecule has 3 N–H and O–H groups in total. The van der Waals surface area contributed by atoms with Crippen molar-refractivity contribution in [1.82, 2.24) is 5.32 Å². The molecule has 1 saturated carbocycles. The molecule has 88 valence electrons. The van der Waals surface area contributed by atoms with Gasteiger partial charge in [-0.05, 0) is 25.8 Å². The van der Waals surface area contributed by atoms with Gasteiger partial charge in [0.25, 0.3) is 0 Å². The van der Waals surface area contributed by atoms with Gasteiger partial charge in [-0.3, -0.25) is 0 Å². The Kier molecular flexibility index (Phi) is 2.73. The molecule has 0 aromatic carbocycles. The molecular weight excluding hydrogens is 210 g/mol. The SMILES string of the molecule is Cc1cc(CNC2(CO)CC2)oc1C(=O)O. The third-order valence-corrected chi connectivity index (χ3v) is 2.96. The summed E-state index contributed by atoms with van der Waals surface area (Å²) in [7, 11) is 0. The van der Waals surface area contributed by atoms with E-state index >= 15 is 0 Å². The number of carboxylic acid groups (broad SMARTS) is 1. The van der Waals surface area contributed by atoms with E-state index < -0.39 is 5.97 Å². The zero-order chi connectivity index (χ0) is 11.8. The maximum atomic E-state index is 10.8. The normalized spacial score (nSPS) is 17.4. The summed E-state index contributed by atoms with van der Waals surface area (Å²) in [6.45, 7) is 2.27. The summed E-state index contributed by atoms with van der Waals surface area (Å²) >= 11 is 0. The summed E-state index contributed by atoms with van der Waals surface area (Å²) < 4.78 is 5.20. The van der Waals surface area contributed by atoms with Gasteiger partial charge in [-0.2, -0.15) is 0 Å². The molecule has 5 nitrogen and oxygen atoms in total. The lowest BCUT2D eigenvalue weighted by Gasteiger charge is -2.12. The third kappa shape index (κ3) is 2.10. The molecule has 2 rings (SSSR count). The first kappa shape index (κ1) is 11.2. The zero-order valence-corrected chi connectivity index (χ0v) is 9.12. The minimum Gasteiger partial charge on any atom is -0.475 e. The van der Waals surface area contributed by atoms with Crippen molar-refractivity contribution in [1.29, 1.82) is 0 Å². The quantitative estimate of drug-likeness (QED) is 0.693. The second-order valence-corrected chi connectivity index (χ2v) is 4.32.